The van der Waals surface area contributed by atoms with Gasteiger partial charge in [0.25, 0.3) is 0 Å². The minimum absolute atomic E-state index is 0.337. The van der Waals surface area contributed by atoms with Crippen LogP contribution in [0.2, 0.25) is 0 Å². The standard InChI is InChI=1S/C12H19NO3/c1-8-10(6-9(15-8)7-13-5)11(14)16-12(2,3)4/h6,13H,7H2,1-5H3. The van der Waals surface area contributed by atoms with Gasteiger partial charge in [-0.25, -0.2) is 4.79 Å². The van der Waals surface area contributed by atoms with Gasteiger partial charge in [-0.15, -0.1) is 0 Å². The van der Waals surface area contributed by atoms with Crippen molar-refractivity contribution in [1.82, 2.24) is 5.32 Å². The number of carbonyl (C=O) groups excluding carboxylic acids is 1. The van der Waals surface area contributed by atoms with Crippen molar-refractivity contribution in [3.05, 3.63) is 23.2 Å². The fourth-order valence-electron chi connectivity index (χ4n) is 1.34. The van der Waals surface area contributed by atoms with E-state index in [1.807, 2.05) is 27.8 Å². The first kappa shape index (κ1) is 12.8. The van der Waals surface area contributed by atoms with E-state index < -0.39 is 5.60 Å². The molecule has 0 aromatic carbocycles. The van der Waals surface area contributed by atoms with Crippen LogP contribution in [0.5, 0.6) is 0 Å². The van der Waals surface area contributed by atoms with Gasteiger partial charge in [0.15, 0.2) is 0 Å². The predicted octanol–water partition coefficient (Wildman–Crippen LogP) is 2.26. The Morgan fingerprint density at radius 3 is 2.62 bits per heavy atom. The van der Waals surface area contributed by atoms with Crippen molar-refractivity contribution >= 4 is 5.97 Å². The van der Waals surface area contributed by atoms with Gasteiger partial charge in [-0.3, -0.25) is 0 Å². The van der Waals surface area contributed by atoms with Gasteiger partial charge in [-0.1, -0.05) is 0 Å². The zero-order valence-corrected chi connectivity index (χ0v) is 10.5. The summed E-state index contributed by atoms with van der Waals surface area (Å²) in [5.74, 6) is 0.997. The molecule has 0 radical (unpaired) electrons. The minimum atomic E-state index is -0.482. The number of carbonyl (C=O) groups is 1. The normalized spacial score (nSPS) is 11.6. The molecular formula is C12H19NO3. The van der Waals surface area contributed by atoms with Crippen LogP contribution in [0, 0.1) is 6.92 Å². The number of rotatable bonds is 3. The van der Waals surface area contributed by atoms with Crippen molar-refractivity contribution in [3.63, 3.8) is 0 Å². The highest BCUT2D eigenvalue weighted by Crippen LogP contribution is 2.18. The number of furan rings is 1. The van der Waals surface area contributed by atoms with E-state index in [1.165, 1.54) is 0 Å². The monoisotopic (exact) mass is 225 g/mol. The molecule has 90 valence electrons. The lowest BCUT2D eigenvalue weighted by atomic mass is 10.2. The zero-order chi connectivity index (χ0) is 12.3. The highest BCUT2D eigenvalue weighted by molar-refractivity contribution is 5.90. The molecule has 4 heteroatoms. The molecule has 1 heterocycles. The van der Waals surface area contributed by atoms with Crippen LogP contribution in [0.25, 0.3) is 0 Å². The lowest BCUT2D eigenvalue weighted by molar-refractivity contribution is 0.00678. The summed E-state index contributed by atoms with van der Waals surface area (Å²) < 4.78 is 10.7. The summed E-state index contributed by atoms with van der Waals surface area (Å²) in [5.41, 5.74) is 0.0180. The van der Waals surface area contributed by atoms with E-state index in [4.69, 9.17) is 9.15 Å². The van der Waals surface area contributed by atoms with Gasteiger partial charge in [0.2, 0.25) is 0 Å². The predicted molar refractivity (Wildman–Crippen MR) is 61.4 cm³/mol. The molecule has 1 aromatic rings. The SMILES string of the molecule is CNCc1cc(C(=O)OC(C)(C)C)c(C)o1. The molecule has 0 aliphatic carbocycles. The highest BCUT2D eigenvalue weighted by atomic mass is 16.6. The van der Waals surface area contributed by atoms with Crippen LogP contribution >= 0.6 is 0 Å². The number of hydrogen-bond donors (Lipinski definition) is 1. The Morgan fingerprint density at radius 1 is 1.50 bits per heavy atom. The average molecular weight is 225 g/mol. The molecule has 0 atom stereocenters. The first-order valence-corrected chi connectivity index (χ1v) is 5.31. The van der Waals surface area contributed by atoms with Gasteiger partial charge in [0.1, 0.15) is 22.7 Å². The molecular weight excluding hydrogens is 206 g/mol. The number of ether oxygens (including phenoxy) is 1. The van der Waals surface area contributed by atoms with E-state index in [2.05, 4.69) is 5.32 Å². The molecule has 0 bridgehead atoms. The first-order valence-electron chi connectivity index (χ1n) is 5.31. The molecule has 0 aliphatic heterocycles. The Kier molecular flexibility index (Phi) is 3.75. The van der Waals surface area contributed by atoms with Crippen molar-refractivity contribution in [2.24, 2.45) is 0 Å². The molecule has 0 fully saturated rings. The maximum Gasteiger partial charge on any atom is 0.342 e. The zero-order valence-electron chi connectivity index (χ0n) is 10.5. The number of esters is 1. The summed E-state index contributed by atoms with van der Waals surface area (Å²) >= 11 is 0. The van der Waals surface area contributed by atoms with Gasteiger partial charge < -0.3 is 14.5 Å². The smallest absolute Gasteiger partial charge is 0.342 e. The summed E-state index contributed by atoms with van der Waals surface area (Å²) in [5, 5.41) is 2.97. The molecule has 0 unspecified atom stereocenters. The maximum absolute atomic E-state index is 11.8. The van der Waals surface area contributed by atoms with Crippen LogP contribution in [-0.4, -0.2) is 18.6 Å². The fourth-order valence-corrected chi connectivity index (χ4v) is 1.34. The Hall–Kier alpha value is -1.29. The second-order valence-electron chi connectivity index (χ2n) is 4.71. The maximum atomic E-state index is 11.8. The van der Waals surface area contributed by atoms with Gasteiger partial charge in [-0.2, -0.15) is 0 Å². The van der Waals surface area contributed by atoms with E-state index in [9.17, 15) is 4.79 Å². The minimum Gasteiger partial charge on any atom is -0.464 e. The van der Waals surface area contributed by atoms with Gasteiger partial charge in [-0.05, 0) is 40.8 Å². The Bertz CT molecular complexity index is 374. The third-order valence-electron chi connectivity index (χ3n) is 1.94. The third-order valence-corrected chi connectivity index (χ3v) is 1.94. The van der Waals surface area contributed by atoms with Crippen molar-refractivity contribution in [2.45, 2.75) is 39.8 Å². The fraction of sp³-hybridized carbons (Fsp3) is 0.583. The van der Waals surface area contributed by atoms with Crippen molar-refractivity contribution in [3.8, 4) is 0 Å². The third kappa shape index (κ3) is 3.38. The lowest BCUT2D eigenvalue weighted by Crippen LogP contribution is -2.24. The molecule has 1 rings (SSSR count). The summed E-state index contributed by atoms with van der Waals surface area (Å²) in [6.45, 7) is 7.89. The second-order valence-corrected chi connectivity index (χ2v) is 4.71. The van der Waals surface area contributed by atoms with Crippen molar-refractivity contribution in [1.29, 1.82) is 0 Å². The topological polar surface area (TPSA) is 51.5 Å². The number of aryl methyl sites for hydroxylation is 1. The van der Waals surface area contributed by atoms with E-state index in [0.29, 0.717) is 17.9 Å². The van der Waals surface area contributed by atoms with Gasteiger partial charge in [0.05, 0.1) is 6.54 Å². The second kappa shape index (κ2) is 4.70. The first-order chi connectivity index (χ1) is 7.33. The Labute approximate surface area is 96.0 Å². The Balaban J connectivity index is 2.83. The van der Waals surface area contributed by atoms with Crippen LogP contribution in [0.4, 0.5) is 0 Å². The van der Waals surface area contributed by atoms with Gasteiger partial charge >= 0.3 is 5.97 Å². The molecule has 0 aliphatic rings. The van der Waals surface area contributed by atoms with Crippen LogP contribution < -0.4 is 5.32 Å². The average Bonchev–Trinajstić information content (AvgIpc) is 2.44. The molecule has 1 N–H and O–H groups in total. The van der Waals surface area contributed by atoms with Crippen LogP contribution in [0.15, 0.2) is 10.5 Å². The molecule has 16 heavy (non-hydrogen) atoms. The van der Waals surface area contributed by atoms with E-state index >= 15 is 0 Å². The van der Waals surface area contributed by atoms with Crippen LogP contribution in [0.1, 0.15) is 42.6 Å². The molecule has 0 spiro atoms. The molecule has 0 saturated carbocycles. The van der Waals surface area contributed by atoms with E-state index in [0.717, 1.165) is 5.76 Å². The number of nitrogens with one attached hydrogen (secondary N) is 1. The summed E-state index contributed by atoms with van der Waals surface area (Å²) in [6, 6.07) is 1.72. The highest BCUT2D eigenvalue weighted by Gasteiger charge is 2.21. The molecule has 0 amide bonds. The van der Waals surface area contributed by atoms with Crippen LogP contribution in [0.3, 0.4) is 0 Å². The summed E-state index contributed by atoms with van der Waals surface area (Å²) in [6.07, 6.45) is 0. The largest absolute Gasteiger partial charge is 0.464 e. The molecule has 0 saturated heterocycles. The summed E-state index contributed by atoms with van der Waals surface area (Å²) in [7, 11) is 1.82. The number of hydrogen-bond acceptors (Lipinski definition) is 4. The van der Waals surface area contributed by atoms with Crippen molar-refractivity contribution in [2.75, 3.05) is 7.05 Å². The van der Waals surface area contributed by atoms with Gasteiger partial charge in [0, 0.05) is 0 Å². The van der Waals surface area contributed by atoms with Crippen molar-refractivity contribution < 1.29 is 13.9 Å². The van der Waals surface area contributed by atoms with E-state index in [1.54, 1.807) is 13.0 Å². The summed E-state index contributed by atoms with van der Waals surface area (Å²) in [4.78, 5) is 11.8. The molecule has 4 nitrogen and oxygen atoms in total. The Morgan fingerprint density at radius 2 is 2.12 bits per heavy atom. The molecule has 1 aromatic heterocycles. The quantitative estimate of drug-likeness (QED) is 0.802. The lowest BCUT2D eigenvalue weighted by Gasteiger charge is -2.18. The van der Waals surface area contributed by atoms with Crippen LogP contribution in [-0.2, 0) is 11.3 Å². The van der Waals surface area contributed by atoms with E-state index in [-0.39, 0.29) is 5.97 Å².